The SMILES string of the molecule is CC(=O)N[C@H]1[C@H](OC[C@H]2OC(O)[C@H](O)[C@@H](O[C@@H]3O[C@H](CO)[C@@H](O[C@@H]4O[C@H](CO[C@]5(C(=O)O)C[C@H](O)[C@@H](NC(C)=O)[C@H]([C@H](O)[C@H](O)CO)O5)[C@H](O)[C@H](O)[C@H]4O)[C@H](O)[C@H]3NC(C)=O)[C@H]2O)O[C@H](CO)[C@@H](O[C@@H]2O[C@H](CO[C@]3(C(=O)O)C[C@H](O)[C@@H](NC(C)=O)[C@H]([C@H](O)[C@H](O)CO)O3)[C@H](O)[C@H](O)[C@H]2O)[C@@H]1O. The van der Waals surface area contributed by atoms with Crippen molar-refractivity contribution in [1.82, 2.24) is 21.3 Å². The van der Waals surface area contributed by atoms with E-state index in [4.69, 9.17) is 61.6 Å². The summed E-state index contributed by atoms with van der Waals surface area (Å²) in [5, 5.41) is 258. The molecule has 0 aromatic carbocycles. The Hall–Kier alpha value is -4.54. The van der Waals surface area contributed by atoms with Gasteiger partial charge in [0, 0.05) is 40.5 Å². The Morgan fingerprint density at radius 2 is 0.745 bits per heavy atom. The van der Waals surface area contributed by atoms with E-state index >= 15 is 0 Å². The fraction of sp³-hybridized carbons (Fsp3) is 0.893. The van der Waals surface area contributed by atoms with Crippen LogP contribution in [-0.4, -0.2) is 425 Å². The van der Waals surface area contributed by atoms with Gasteiger partial charge in [0.25, 0.3) is 11.6 Å². The monoisotopic (exact) mass is 1490 g/mol. The van der Waals surface area contributed by atoms with Crippen LogP contribution in [0, 0.1) is 0 Å². The van der Waals surface area contributed by atoms with Gasteiger partial charge in [-0.25, -0.2) is 9.59 Å². The van der Waals surface area contributed by atoms with Crippen molar-refractivity contribution >= 4 is 35.6 Å². The van der Waals surface area contributed by atoms with Crippen molar-refractivity contribution < 1.29 is 208 Å². The number of aliphatic hydroxyl groups excluding tert-OH is 21. The summed E-state index contributed by atoms with van der Waals surface area (Å²) in [5.41, 5.74) is 0. The number of nitrogens with one attached hydrogen (secondary N) is 4. The number of hydrogen-bond acceptors (Lipinski definition) is 40. The van der Waals surface area contributed by atoms with Gasteiger partial charge >= 0.3 is 11.9 Å². The molecule has 1 unspecified atom stereocenters. The van der Waals surface area contributed by atoms with Crippen LogP contribution in [0.1, 0.15) is 40.5 Å². The maximum atomic E-state index is 12.8. The van der Waals surface area contributed by atoms with Gasteiger partial charge in [-0.3, -0.25) is 19.2 Å². The predicted molar refractivity (Wildman–Crippen MR) is 313 cm³/mol. The summed E-state index contributed by atoms with van der Waals surface area (Å²) in [6.07, 6.45) is -67.0. The summed E-state index contributed by atoms with van der Waals surface area (Å²) < 4.78 is 74.1. The first-order chi connectivity index (χ1) is 47.8. The fourth-order valence-corrected chi connectivity index (χ4v) is 12.7. The molecule has 0 aromatic heterocycles. The van der Waals surface area contributed by atoms with E-state index in [-0.39, 0.29) is 0 Å². The van der Waals surface area contributed by atoms with Gasteiger partial charge in [-0.05, 0) is 0 Å². The maximum absolute atomic E-state index is 12.8. The number of aliphatic carboxylic acids is 2. The maximum Gasteiger partial charge on any atom is 0.364 e. The minimum Gasteiger partial charge on any atom is -0.477 e. The van der Waals surface area contributed by atoms with Crippen molar-refractivity contribution in [2.45, 2.75) is 266 Å². The molecule has 27 N–H and O–H groups in total. The third-order valence-corrected chi connectivity index (χ3v) is 18.1. The second-order valence-electron chi connectivity index (χ2n) is 25.5. The van der Waals surface area contributed by atoms with Crippen molar-refractivity contribution in [2.24, 2.45) is 0 Å². The molecule has 0 bridgehead atoms. The number of rotatable bonds is 29. The molecule has 7 saturated heterocycles. The smallest absolute Gasteiger partial charge is 0.364 e. The first kappa shape index (κ1) is 84.7. The topological polar surface area (TPSA) is 736 Å². The highest BCUT2D eigenvalue weighted by atomic mass is 16.8. The molecule has 46 nitrogen and oxygen atoms in total. The average molecular weight is 1490 g/mol. The lowest BCUT2D eigenvalue weighted by molar-refractivity contribution is -0.373. The van der Waals surface area contributed by atoms with Crippen molar-refractivity contribution in [3.8, 4) is 0 Å². The van der Waals surface area contributed by atoms with Gasteiger partial charge in [-0.15, -0.1) is 0 Å². The fourth-order valence-electron chi connectivity index (χ4n) is 12.7. The van der Waals surface area contributed by atoms with Crippen molar-refractivity contribution in [3.05, 3.63) is 0 Å². The molecule has 0 radical (unpaired) electrons. The molecule has 7 fully saturated rings. The highest BCUT2D eigenvalue weighted by Gasteiger charge is 2.61. The lowest BCUT2D eigenvalue weighted by Gasteiger charge is -2.49. The molecule has 0 saturated carbocycles. The number of amides is 4. The predicted octanol–water partition coefficient (Wildman–Crippen LogP) is -17.3. The van der Waals surface area contributed by atoms with E-state index < -0.39 is 321 Å². The Labute approximate surface area is 576 Å². The van der Waals surface area contributed by atoms with Crippen LogP contribution >= 0.6 is 0 Å². The largest absolute Gasteiger partial charge is 0.477 e. The van der Waals surface area contributed by atoms with E-state index in [0.717, 1.165) is 27.7 Å². The van der Waals surface area contributed by atoms with Gasteiger partial charge in [-0.1, -0.05) is 0 Å². The van der Waals surface area contributed by atoms with E-state index in [1.54, 1.807) is 0 Å². The van der Waals surface area contributed by atoms with Gasteiger partial charge in [-0.2, -0.15) is 0 Å². The number of aliphatic hydroxyl groups is 21. The number of carboxylic acids is 2. The third-order valence-electron chi connectivity index (χ3n) is 18.1. The molecule has 4 amide bonds. The lowest BCUT2D eigenvalue weighted by Crippen LogP contribution is -2.70. The number of carboxylic acid groups (broad SMARTS) is 2. The number of hydrogen-bond donors (Lipinski definition) is 27. The minimum atomic E-state index is -3.02. The normalized spacial score (nSPS) is 44.6. The Morgan fingerprint density at radius 1 is 0.402 bits per heavy atom. The van der Waals surface area contributed by atoms with Crippen LogP contribution in [-0.2, 0) is 90.3 Å². The molecular weight excluding hydrogens is 1400 g/mol. The third kappa shape index (κ3) is 18.9. The van der Waals surface area contributed by atoms with Gasteiger partial charge in [0.2, 0.25) is 23.6 Å². The van der Waals surface area contributed by atoms with Crippen molar-refractivity contribution in [1.29, 1.82) is 0 Å². The summed E-state index contributed by atoms with van der Waals surface area (Å²) in [5.74, 6) is -13.5. The van der Waals surface area contributed by atoms with E-state index in [0.29, 0.717) is 0 Å². The molecule has 37 atom stereocenters. The lowest BCUT2D eigenvalue weighted by atomic mass is 9.88. The zero-order chi connectivity index (χ0) is 76.1. The molecule has 7 heterocycles. The minimum absolute atomic E-state index is 0.809. The average Bonchev–Trinajstić information content (AvgIpc) is 0.779. The molecule has 588 valence electrons. The molecule has 7 aliphatic heterocycles. The van der Waals surface area contributed by atoms with Gasteiger partial charge < -0.3 is 200 Å². The van der Waals surface area contributed by atoms with Crippen LogP contribution in [0.3, 0.4) is 0 Å². The van der Waals surface area contributed by atoms with Crippen LogP contribution < -0.4 is 21.3 Å². The molecule has 0 aromatic rings. The molecule has 0 spiro atoms. The second kappa shape index (κ2) is 35.9. The van der Waals surface area contributed by atoms with Crippen LogP contribution in [0.4, 0.5) is 0 Å². The summed E-state index contributed by atoms with van der Waals surface area (Å²) in [7, 11) is 0. The standard InChI is InChI=1S/C56H92N4O42/c1-14(65)57-27-18(69)5-55(53(86)87,101-45(27)31(73)20(71)7-61)91-12-25-33(75)38(80)40(82)51(96-25)98-43-22(9-63)94-49(29(36(43)78)59-16(3)67)90-11-24-35(77)47(42(84)48(85)93-24)100-50-30(60-17(4)68)37(79)44(23(10-64)95-50)99-52-41(83)39(81)34(76)26(97-52)13-92-56(54(88)89)6-19(70)28(58-15(2)66)46(102-56)32(74)21(72)8-62/h18-52,61-64,69-85H,5-13H2,1-4H3,(H,57,65)(H,58,66)(H,59,67)(H,60,68)(H,86,87)(H,88,89)/t18-,19-,20+,21+,22+,23+,24+,25+,26+,27+,28+,29+,30+,31+,32+,33-,34-,35-,36+,37+,38-,39-,40+,41+,42+,43+,44+,45+,46+,47-,48?,49+,50-,51-,52-,55+,56+/m0/s1. The first-order valence-corrected chi connectivity index (χ1v) is 31.9. The van der Waals surface area contributed by atoms with E-state index in [9.17, 15) is 146 Å². The summed E-state index contributed by atoms with van der Waals surface area (Å²) >= 11 is 0. The number of carbonyl (C=O) groups is 6. The van der Waals surface area contributed by atoms with E-state index in [1.165, 1.54) is 0 Å². The molecule has 102 heavy (non-hydrogen) atoms. The van der Waals surface area contributed by atoms with Crippen LogP contribution in [0.2, 0.25) is 0 Å². The molecule has 46 heteroatoms. The highest BCUT2D eigenvalue weighted by molar-refractivity contribution is 5.77. The van der Waals surface area contributed by atoms with Crippen molar-refractivity contribution in [3.63, 3.8) is 0 Å². The van der Waals surface area contributed by atoms with Crippen LogP contribution in [0.5, 0.6) is 0 Å². The van der Waals surface area contributed by atoms with Gasteiger partial charge in [0.1, 0.15) is 159 Å². The van der Waals surface area contributed by atoms with Gasteiger partial charge in [0.15, 0.2) is 31.5 Å². The van der Waals surface area contributed by atoms with Crippen LogP contribution in [0.15, 0.2) is 0 Å². The number of ether oxygens (including phenoxy) is 13. The quantitative estimate of drug-likeness (QED) is 0.0331. The number of carbonyl (C=O) groups excluding carboxylic acids is 4. The van der Waals surface area contributed by atoms with E-state index in [1.807, 2.05) is 0 Å². The zero-order valence-electron chi connectivity index (χ0n) is 54.6. The first-order valence-electron chi connectivity index (χ1n) is 31.9. The Bertz CT molecular complexity index is 2780. The van der Waals surface area contributed by atoms with Gasteiger partial charge in [0.05, 0.1) is 70.5 Å². The zero-order valence-corrected chi connectivity index (χ0v) is 54.6. The highest BCUT2D eigenvalue weighted by Crippen LogP contribution is 2.40. The molecule has 7 rings (SSSR count). The molecular formula is C56H92N4O42. The Kier molecular flexibility index (Phi) is 29.8. The second-order valence-corrected chi connectivity index (χ2v) is 25.5. The van der Waals surface area contributed by atoms with E-state index in [2.05, 4.69) is 21.3 Å². The summed E-state index contributed by atoms with van der Waals surface area (Å²) in [4.78, 5) is 75.1. The molecule has 0 aliphatic carbocycles. The Balaban J connectivity index is 1.03. The van der Waals surface area contributed by atoms with Crippen molar-refractivity contribution in [2.75, 3.05) is 46.2 Å². The Morgan fingerprint density at radius 3 is 1.11 bits per heavy atom. The summed E-state index contributed by atoms with van der Waals surface area (Å²) in [6.45, 7) is -3.93. The van der Waals surface area contributed by atoms with Crippen LogP contribution in [0.25, 0.3) is 0 Å². The summed E-state index contributed by atoms with van der Waals surface area (Å²) in [6, 6.07) is -6.97. The molecule has 7 aliphatic rings.